The second-order valence-corrected chi connectivity index (χ2v) is 6.18. The van der Waals surface area contributed by atoms with Gasteiger partial charge in [0.2, 0.25) is 11.9 Å². The van der Waals surface area contributed by atoms with E-state index < -0.39 is 0 Å². The molecule has 20 heavy (non-hydrogen) atoms. The topological polar surface area (TPSA) is 84.1 Å². The monoisotopic (exact) mass is 279 g/mol. The summed E-state index contributed by atoms with van der Waals surface area (Å²) in [6.07, 6.45) is 3.55. The largest absolute Gasteiger partial charge is 0.368 e. The molecule has 0 aliphatic carbocycles. The molecule has 0 saturated carbocycles. The van der Waals surface area contributed by atoms with Crippen LogP contribution < -0.4 is 16.0 Å². The molecule has 6 nitrogen and oxygen atoms in total. The predicted molar refractivity (Wildman–Crippen MR) is 80.3 cm³/mol. The molecule has 1 aromatic heterocycles. The van der Waals surface area contributed by atoms with Crippen molar-refractivity contribution in [1.82, 2.24) is 15.3 Å². The van der Waals surface area contributed by atoms with Crippen LogP contribution in [0.5, 0.6) is 0 Å². The molecule has 6 heteroatoms. The lowest BCUT2D eigenvalue weighted by molar-refractivity contribution is -0.116. The van der Waals surface area contributed by atoms with Gasteiger partial charge in [0.15, 0.2) is 0 Å². The lowest BCUT2D eigenvalue weighted by atomic mass is 10.1. The summed E-state index contributed by atoms with van der Waals surface area (Å²) in [5.41, 5.74) is 6.30. The van der Waals surface area contributed by atoms with E-state index in [-0.39, 0.29) is 24.0 Å². The van der Waals surface area contributed by atoms with Gasteiger partial charge in [-0.15, -0.1) is 0 Å². The van der Waals surface area contributed by atoms with Crippen LogP contribution in [0.4, 0.5) is 5.95 Å². The molecule has 1 amide bonds. The predicted octanol–water partition coefficient (Wildman–Crippen LogP) is 1.06. The number of hydrogen-bond acceptors (Lipinski definition) is 5. The quantitative estimate of drug-likeness (QED) is 0.813. The minimum atomic E-state index is -0.388. The third kappa shape index (κ3) is 5.52. The Hall–Kier alpha value is -1.69. The van der Waals surface area contributed by atoms with Crippen LogP contribution in [0.15, 0.2) is 12.4 Å². The SMILES string of the molecule is CC(C)N(CC(N)=O)c1ncc(CNC(C)(C)C)cn1. The van der Waals surface area contributed by atoms with E-state index in [0.29, 0.717) is 12.5 Å². The van der Waals surface area contributed by atoms with Crippen molar-refractivity contribution >= 4 is 11.9 Å². The second kappa shape index (κ2) is 6.65. The fraction of sp³-hybridized carbons (Fsp3) is 0.643. The van der Waals surface area contributed by atoms with E-state index >= 15 is 0 Å². The van der Waals surface area contributed by atoms with Crippen LogP contribution in [0, 0.1) is 0 Å². The van der Waals surface area contributed by atoms with Gasteiger partial charge in [0.1, 0.15) is 0 Å². The highest BCUT2D eigenvalue weighted by molar-refractivity contribution is 5.78. The molecule has 0 fully saturated rings. The fourth-order valence-electron chi connectivity index (χ4n) is 1.61. The highest BCUT2D eigenvalue weighted by Gasteiger charge is 2.16. The number of hydrogen-bond donors (Lipinski definition) is 2. The number of primary amides is 1. The highest BCUT2D eigenvalue weighted by Crippen LogP contribution is 2.11. The van der Waals surface area contributed by atoms with E-state index in [1.807, 2.05) is 13.8 Å². The van der Waals surface area contributed by atoms with Gasteiger partial charge in [-0.2, -0.15) is 0 Å². The van der Waals surface area contributed by atoms with Crippen molar-refractivity contribution in [2.24, 2.45) is 5.73 Å². The summed E-state index contributed by atoms with van der Waals surface area (Å²) >= 11 is 0. The van der Waals surface area contributed by atoms with E-state index in [0.717, 1.165) is 5.56 Å². The number of nitrogens with zero attached hydrogens (tertiary/aromatic N) is 3. The summed E-state index contributed by atoms with van der Waals surface area (Å²) in [4.78, 5) is 21.5. The zero-order valence-electron chi connectivity index (χ0n) is 13.0. The van der Waals surface area contributed by atoms with Crippen LogP contribution in [0.2, 0.25) is 0 Å². The summed E-state index contributed by atoms with van der Waals surface area (Å²) < 4.78 is 0. The zero-order chi connectivity index (χ0) is 15.3. The molecule has 0 aromatic carbocycles. The van der Waals surface area contributed by atoms with Crippen LogP contribution in [-0.4, -0.2) is 34.0 Å². The van der Waals surface area contributed by atoms with Gasteiger partial charge in [-0.3, -0.25) is 4.79 Å². The molecule has 0 unspecified atom stereocenters. The van der Waals surface area contributed by atoms with Crippen LogP contribution in [0.25, 0.3) is 0 Å². The standard InChI is InChI=1S/C14H25N5O/c1-10(2)19(9-12(15)20)13-16-6-11(7-17-13)8-18-14(3,4)5/h6-7,10,18H,8-9H2,1-5H3,(H2,15,20). The number of carbonyl (C=O) groups excluding carboxylic acids is 1. The maximum absolute atomic E-state index is 11.1. The minimum absolute atomic E-state index is 0.0502. The third-order valence-corrected chi connectivity index (χ3v) is 2.72. The van der Waals surface area contributed by atoms with Crippen molar-refractivity contribution < 1.29 is 4.79 Å². The van der Waals surface area contributed by atoms with E-state index in [1.165, 1.54) is 0 Å². The molecule has 0 aliphatic heterocycles. The Morgan fingerprint density at radius 2 is 1.90 bits per heavy atom. The molecule has 0 radical (unpaired) electrons. The van der Waals surface area contributed by atoms with Crippen molar-refractivity contribution in [3.63, 3.8) is 0 Å². The van der Waals surface area contributed by atoms with Crippen molar-refractivity contribution in [1.29, 1.82) is 0 Å². The third-order valence-electron chi connectivity index (χ3n) is 2.72. The number of amides is 1. The molecule has 3 N–H and O–H groups in total. The first kappa shape index (κ1) is 16.4. The van der Waals surface area contributed by atoms with E-state index in [9.17, 15) is 4.79 Å². The van der Waals surface area contributed by atoms with Gasteiger partial charge in [-0.25, -0.2) is 9.97 Å². The first-order chi connectivity index (χ1) is 9.19. The van der Waals surface area contributed by atoms with Gasteiger partial charge < -0.3 is 16.0 Å². The van der Waals surface area contributed by atoms with Crippen molar-refractivity contribution in [2.75, 3.05) is 11.4 Å². The van der Waals surface area contributed by atoms with Gasteiger partial charge in [-0.1, -0.05) is 0 Å². The Morgan fingerprint density at radius 3 is 2.30 bits per heavy atom. The normalized spacial score (nSPS) is 11.7. The summed E-state index contributed by atoms with van der Waals surface area (Å²) in [6, 6.07) is 0.112. The fourth-order valence-corrected chi connectivity index (χ4v) is 1.61. The van der Waals surface area contributed by atoms with Crippen LogP contribution >= 0.6 is 0 Å². The molecule has 1 rings (SSSR count). The molecule has 0 spiro atoms. The van der Waals surface area contributed by atoms with E-state index in [4.69, 9.17) is 5.73 Å². The summed E-state index contributed by atoms with van der Waals surface area (Å²) in [5, 5.41) is 3.37. The van der Waals surface area contributed by atoms with Crippen LogP contribution in [0.1, 0.15) is 40.2 Å². The molecule has 0 aliphatic rings. The first-order valence-electron chi connectivity index (χ1n) is 6.80. The van der Waals surface area contributed by atoms with Gasteiger partial charge in [0, 0.05) is 36.1 Å². The minimum Gasteiger partial charge on any atom is -0.368 e. The lowest BCUT2D eigenvalue weighted by Crippen LogP contribution is -2.39. The number of nitrogens with two attached hydrogens (primary N) is 1. The van der Waals surface area contributed by atoms with E-state index in [1.54, 1.807) is 17.3 Å². The smallest absolute Gasteiger partial charge is 0.237 e. The maximum Gasteiger partial charge on any atom is 0.237 e. The Labute approximate surface area is 120 Å². The van der Waals surface area contributed by atoms with Crippen molar-refractivity contribution in [3.8, 4) is 0 Å². The summed E-state index contributed by atoms with van der Waals surface area (Å²) in [7, 11) is 0. The van der Waals surface area contributed by atoms with Gasteiger partial charge in [0.25, 0.3) is 0 Å². The Kier molecular flexibility index (Phi) is 5.44. The summed E-state index contributed by atoms with van der Waals surface area (Å²) in [5.74, 6) is 0.138. The average Bonchev–Trinajstić information content (AvgIpc) is 2.33. The average molecular weight is 279 g/mol. The van der Waals surface area contributed by atoms with Gasteiger partial charge >= 0.3 is 0 Å². The Bertz CT molecular complexity index is 436. The number of carbonyl (C=O) groups is 1. The molecular formula is C14H25N5O. The van der Waals surface area contributed by atoms with Gasteiger partial charge in [-0.05, 0) is 34.6 Å². The molecule has 0 saturated heterocycles. The number of aromatic nitrogens is 2. The molecule has 112 valence electrons. The number of anilines is 1. The highest BCUT2D eigenvalue weighted by atomic mass is 16.1. The number of rotatable bonds is 6. The Balaban J connectivity index is 2.75. The van der Waals surface area contributed by atoms with Crippen LogP contribution in [0.3, 0.4) is 0 Å². The van der Waals surface area contributed by atoms with Gasteiger partial charge in [0.05, 0.1) is 6.54 Å². The number of nitrogens with one attached hydrogen (secondary N) is 1. The molecule has 0 atom stereocenters. The molecule has 1 heterocycles. The molecule has 1 aromatic rings. The van der Waals surface area contributed by atoms with Crippen LogP contribution in [-0.2, 0) is 11.3 Å². The lowest BCUT2D eigenvalue weighted by Gasteiger charge is -2.25. The maximum atomic E-state index is 11.1. The zero-order valence-corrected chi connectivity index (χ0v) is 13.0. The van der Waals surface area contributed by atoms with Crippen molar-refractivity contribution in [3.05, 3.63) is 18.0 Å². The Morgan fingerprint density at radius 1 is 1.35 bits per heavy atom. The van der Waals surface area contributed by atoms with Crippen molar-refractivity contribution in [2.45, 2.75) is 52.7 Å². The molecular weight excluding hydrogens is 254 g/mol. The first-order valence-corrected chi connectivity index (χ1v) is 6.80. The molecule has 0 bridgehead atoms. The van der Waals surface area contributed by atoms with E-state index in [2.05, 4.69) is 36.1 Å². The summed E-state index contributed by atoms with van der Waals surface area (Å²) in [6.45, 7) is 11.1. The second-order valence-electron chi connectivity index (χ2n) is 6.18.